The van der Waals surface area contributed by atoms with Crippen molar-refractivity contribution in [3.8, 4) is 0 Å². The van der Waals surface area contributed by atoms with E-state index in [-0.39, 0.29) is 11.5 Å². The minimum Gasteiger partial charge on any atom is -0.297 e. The number of ketones is 1. The molecule has 1 heterocycles. The zero-order valence-electron chi connectivity index (χ0n) is 9.22. The van der Waals surface area contributed by atoms with Crippen LogP contribution in [0.5, 0.6) is 0 Å². The number of nitrogens with zero attached hydrogens (tertiary/aromatic N) is 1. The first-order valence-electron chi connectivity index (χ1n) is 4.85. The Kier molecular flexibility index (Phi) is 2.78. The van der Waals surface area contributed by atoms with E-state index >= 15 is 0 Å². The van der Waals surface area contributed by atoms with Gasteiger partial charge in [-0.15, -0.1) is 0 Å². The zero-order valence-corrected chi connectivity index (χ0v) is 9.22. The molecular formula is C10H20N2O. The molecule has 2 unspecified atom stereocenters. The van der Waals surface area contributed by atoms with Crippen molar-refractivity contribution in [2.45, 2.75) is 46.2 Å². The van der Waals surface area contributed by atoms with Crippen LogP contribution >= 0.6 is 0 Å². The van der Waals surface area contributed by atoms with Gasteiger partial charge in [0.25, 0.3) is 0 Å². The standard InChI is InChI=1S/C10H20N2O/c1-7-6-8(12(5)11-7)9(13)10(2,3)4/h7-8,11H,6H2,1-5H3. The quantitative estimate of drug-likeness (QED) is 0.664. The number of nitrogens with one attached hydrogen (secondary N) is 1. The highest BCUT2D eigenvalue weighted by Gasteiger charge is 2.37. The SMILES string of the molecule is CC1CC(C(=O)C(C)(C)C)N(C)N1. The molecule has 1 saturated heterocycles. The fourth-order valence-corrected chi connectivity index (χ4v) is 1.77. The molecule has 0 aromatic rings. The van der Waals surface area contributed by atoms with Gasteiger partial charge in [0.15, 0.2) is 5.78 Å². The number of rotatable bonds is 1. The van der Waals surface area contributed by atoms with Crippen molar-refractivity contribution in [3.05, 3.63) is 0 Å². The van der Waals surface area contributed by atoms with Crippen molar-refractivity contribution in [2.24, 2.45) is 5.41 Å². The topological polar surface area (TPSA) is 32.3 Å². The molecule has 1 aliphatic rings. The number of hydrogen-bond donors (Lipinski definition) is 1. The fourth-order valence-electron chi connectivity index (χ4n) is 1.77. The van der Waals surface area contributed by atoms with Crippen molar-refractivity contribution in [1.82, 2.24) is 10.4 Å². The molecule has 0 saturated carbocycles. The first-order valence-corrected chi connectivity index (χ1v) is 4.85. The Morgan fingerprint density at radius 3 is 2.31 bits per heavy atom. The molecule has 3 heteroatoms. The van der Waals surface area contributed by atoms with E-state index in [4.69, 9.17) is 0 Å². The van der Waals surface area contributed by atoms with Crippen molar-refractivity contribution in [3.63, 3.8) is 0 Å². The van der Waals surface area contributed by atoms with Crippen LogP contribution in [0.15, 0.2) is 0 Å². The summed E-state index contributed by atoms with van der Waals surface area (Å²) >= 11 is 0. The Bertz CT molecular complexity index is 207. The molecule has 76 valence electrons. The highest BCUT2D eigenvalue weighted by Crippen LogP contribution is 2.24. The van der Waals surface area contributed by atoms with Crippen LogP contribution in [-0.2, 0) is 4.79 Å². The third-order valence-electron chi connectivity index (χ3n) is 2.51. The van der Waals surface area contributed by atoms with Crippen LogP contribution in [0.1, 0.15) is 34.1 Å². The maximum Gasteiger partial charge on any atom is 0.156 e. The van der Waals surface area contributed by atoms with Crippen molar-refractivity contribution < 1.29 is 4.79 Å². The van der Waals surface area contributed by atoms with Gasteiger partial charge in [0.1, 0.15) is 0 Å². The summed E-state index contributed by atoms with van der Waals surface area (Å²) in [6.45, 7) is 8.04. The van der Waals surface area contributed by atoms with E-state index in [0.29, 0.717) is 11.8 Å². The maximum atomic E-state index is 11.9. The second-order valence-corrected chi connectivity index (χ2v) is 5.01. The average molecular weight is 184 g/mol. The van der Waals surface area contributed by atoms with Gasteiger partial charge in [-0.25, -0.2) is 5.01 Å². The Balaban J connectivity index is 2.68. The molecule has 0 radical (unpaired) electrons. The molecule has 0 amide bonds. The highest BCUT2D eigenvalue weighted by atomic mass is 16.1. The summed E-state index contributed by atoms with van der Waals surface area (Å²) in [5, 5.41) is 1.94. The van der Waals surface area contributed by atoms with Gasteiger partial charge in [-0.3, -0.25) is 10.2 Å². The van der Waals surface area contributed by atoms with E-state index in [1.54, 1.807) is 0 Å². The molecular weight excluding hydrogens is 164 g/mol. The van der Waals surface area contributed by atoms with Gasteiger partial charge in [-0.2, -0.15) is 0 Å². The minimum absolute atomic E-state index is 0.0509. The fraction of sp³-hybridized carbons (Fsp3) is 0.900. The van der Waals surface area contributed by atoms with Gasteiger partial charge in [0.2, 0.25) is 0 Å². The van der Waals surface area contributed by atoms with E-state index < -0.39 is 0 Å². The van der Waals surface area contributed by atoms with E-state index in [0.717, 1.165) is 6.42 Å². The molecule has 1 fully saturated rings. The van der Waals surface area contributed by atoms with Gasteiger partial charge in [-0.05, 0) is 13.3 Å². The largest absolute Gasteiger partial charge is 0.297 e. The molecule has 1 rings (SSSR count). The Morgan fingerprint density at radius 1 is 1.46 bits per heavy atom. The molecule has 0 aromatic carbocycles. The number of Topliss-reactive ketones (excluding diaryl/α,β-unsaturated/α-hetero) is 1. The molecule has 13 heavy (non-hydrogen) atoms. The third-order valence-corrected chi connectivity index (χ3v) is 2.51. The summed E-state index contributed by atoms with van der Waals surface area (Å²) < 4.78 is 0. The molecule has 0 bridgehead atoms. The lowest BCUT2D eigenvalue weighted by molar-refractivity contribution is -0.131. The Morgan fingerprint density at radius 2 is 2.00 bits per heavy atom. The molecule has 1 aliphatic heterocycles. The van der Waals surface area contributed by atoms with Crippen molar-refractivity contribution >= 4 is 5.78 Å². The summed E-state index contributed by atoms with van der Waals surface area (Å²) in [6, 6.07) is 0.469. The number of carbonyl (C=O) groups excluding carboxylic acids is 1. The summed E-state index contributed by atoms with van der Waals surface area (Å²) in [7, 11) is 1.94. The number of hydrogen-bond acceptors (Lipinski definition) is 3. The van der Waals surface area contributed by atoms with E-state index in [1.165, 1.54) is 0 Å². The first-order chi connectivity index (χ1) is 5.82. The lowest BCUT2D eigenvalue weighted by Crippen LogP contribution is -2.43. The van der Waals surface area contributed by atoms with Crippen molar-refractivity contribution in [2.75, 3.05) is 7.05 Å². The number of hydrazine groups is 1. The number of carbonyl (C=O) groups is 1. The molecule has 0 spiro atoms. The molecule has 1 N–H and O–H groups in total. The van der Waals surface area contributed by atoms with Gasteiger partial charge >= 0.3 is 0 Å². The predicted octanol–water partition coefficient (Wildman–Crippen LogP) is 1.20. The van der Waals surface area contributed by atoms with Crippen LogP contribution < -0.4 is 5.43 Å². The lowest BCUT2D eigenvalue weighted by Gasteiger charge is -2.25. The minimum atomic E-state index is -0.231. The Labute approximate surface area is 80.5 Å². The average Bonchev–Trinajstić information content (AvgIpc) is 2.26. The van der Waals surface area contributed by atoms with Crippen LogP contribution in [0.4, 0.5) is 0 Å². The third kappa shape index (κ3) is 2.29. The molecule has 2 atom stereocenters. The molecule has 0 aromatic heterocycles. The van der Waals surface area contributed by atoms with Crippen LogP contribution in [0.3, 0.4) is 0 Å². The van der Waals surface area contributed by atoms with Gasteiger partial charge in [-0.1, -0.05) is 20.8 Å². The lowest BCUT2D eigenvalue weighted by atomic mass is 9.85. The summed E-state index contributed by atoms with van der Waals surface area (Å²) in [5.74, 6) is 0.326. The maximum absolute atomic E-state index is 11.9. The van der Waals surface area contributed by atoms with Crippen molar-refractivity contribution in [1.29, 1.82) is 0 Å². The smallest absolute Gasteiger partial charge is 0.156 e. The molecule has 3 nitrogen and oxygen atoms in total. The first kappa shape index (κ1) is 10.7. The van der Waals surface area contributed by atoms with Gasteiger partial charge in [0, 0.05) is 18.5 Å². The monoisotopic (exact) mass is 184 g/mol. The normalized spacial score (nSPS) is 30.8. The van der Waals surface area contributed by atoms with E-state index in [1.807, 2.05) is 32.8 Å². The summed E-state index contributed by atoms with van der Waals surface area (Å²) in [4.78, 5) is 11.9. The summed E-state index contributed by atoms with van der Waals surface area (Å²) in [6.07, 6.45) is 0.923. The highest BCUT2D eigenvalue weighted by molar-refractivity contribution is 5.88. The predicted molar refractivity (Wildman–Crippen MR) is 53.2 cm³/mol. The van der Waals surface area contributed by atoms with Gasteiger partial charge in [0.05, 0.1) is 6.04 Å². The van der Waals surface area contributed by atoms with Crippen LogP contribution in [0, 0.1) is 5.41 Å². The van der Waals surface area contributed by atoms with E-state index in [2.05, 4.69) is 12.3 Å². The summed E-state index contributed by atoms with van der Waals surface area (Å²) in [5.41, 5.74) is 3.00. The van der Waals surface area contributed by atoms with Crippen LogP contribution in [0.2, 0.25) is 0 Å². The van der Waals surface area contributed by atoms with Crippen LogP contribution in [0.25, 0.3) is 0 Å². The number of likely N-dealkylation sites (N-methyl/N-ethyl adjacent to an activating group) is 1. The zero-order chi connectivity index (χ0) is 10.2. The second-order valence-electron chi connectivity index (χ2n) is 5.01. The van der Waals surface area contributed by atoms with Gasteiger partial charge < -0.3 is 0 Å². The second kappa shape index (κ2) is 3.39. The Hall–Kier alpha value is -0.410. The van der Waals surface area contributed by atoms with Crippen LogP contribution in [-0.4, -0.2) is 29.9 Å². The van der Waals surface area contributed by atoms with E-state index in [9.17, 15) is 4.79 Å². The molecule has 0 aliphatic carbocycles.